The van der Waals surface area contributed by atoms with E-state index in [0.29, 0.717) is 11.3 Å². The molecule has 1 fully saturated rings. The van der Waals surface area contributed by atoms with Crippen LogP contribution in [0, 0.1) is 12.7 Å². The number of anilines is 1. The van der Waals surface area contributed by atoms with Crippen LogP contribution in [0.5, 0.6) is 0 Å². The van der Waals surface area contributed by atoms with Crippen LogP contribution in [0.4, 0.5) is 10.1 Å². The number of benzene rings is 1. The van der Waals surface area contributed by atoms with Crippen molar-refractivity contribution in [1.29, 1.82) is 0 Å². The van der Waals surface area contributed by atoms with Crippen LogP contribution in [0.25, 0.3) is 0 Å². The number of thiophene rings is 1. The van der Waals surface area contributed by atoms with E-state index in [1.807, 2.05) is 16.3 Å². The van der Waals surface area contributed by atoms with E-state index >= 15 is 0 Å². The Balaban J connectivity index is 1.62. The zero-order chi connectivity index (χ0) is 15.5. The third-order valence-corrected chi connectivity index (χ3v) is 5.03. The number of hydrogen-bond donors (Lipinski definition) is 1. The van der Waals surface area contributed by atoms with Gasteiger partial charge in [0.2, 0.25) is 5.91 Å². The molecule has 5 heteroatoms. The first-order valence-corrected chi connectivity index (χ1v) is 8.36. The summed E-state index contributed by atoms with van der Waals surface area (Å²) in [6.07, 6.45) is 2.05. The zero-order valence-electron chi connectivity index (χ0n) is 12.5. The van der Waals surface area contributed by atoms with Crippen LogP contribution in [0.15, 0.2) is 35.7 Å². The van der Waals surface area contributed by atoms with Crippen molar-refractivity contribution in [1.82, 2.24) is 4.90 Å². The first-order valence-electron chi connectivity index (χ1n) is 7.48. The summed E-state index contributed by atoms with van der Waals surface area (Å²) in [6.45, 7) is 2.72. The summed E-state index contributed by atoms with van der Waals surface area (Å²) in [6, 6.07) is 9.25. The number of aryl methyl sites for hydroxylation is 1. The van der Waals surface area contributed by atoms with Gasteiger partial charge in [0, 0.05) is 17.1 Å². The van der Waals surface area contributed by atoms with Crippen LogP contribution in [0.1, 0.15) is 29.3 Å². The number of nitrogens with zero attached hydrogens (tertiary/aromatic N) is 1. The molecule has 0 radical (unpaired) electrons. The Morgan fingerprint density at radius 3 is 3.05 bits per heavy atom. The average Bonchev–Trinajstić information content (AvgIpc) is 3.18. The molecule has 2 aromatic rings. The fourth-order valence-corrected chi connectivity index (χ4v) is 3.70. The lowest BCUT2D eigenvalue weighted by molar-refractivity contribution is -0.130. The number of rotatable bonds is 4. The van der Waals surface area contributed by atoms with Gasteiger partial charge in [0.25, 0.3) is 0 Å². The van der Waals surface area contributed by atoms with Crippen LogP contribution < -0.4 is 5.32 Å². The first kappa shape index (κ1) is 15.0. The Labute approximate surface area is 133 Å². The average molecular weight is 318 g/mol. The van der Waals surface area contributed by atoms with E-state index in [1.165, 1.54) is 10.9 Å². The van der Waals surface area contributed by atoms with Crippen molar-refractivity contribution in [2.75, 3.05) is 18.4 Å². The number of likely N-dealkylation sites (tertiary alicyclic amines) is 1. The first-order chi connectivity index (χ1) is 10.6. The highest BCUT2D eigenvalue weighted by Crippen LogP contribution is 2.34. The molecule has 0 saturated carbocycles. The van der Waals surface area contributed by atoms with Crippen molar-refractivity contribution in [3.63, 3.8) is 0 Å². The Bertz CT molecular complexity index is 657. The monoisotopic (exact) mass is 318 g/mol. The van der Waals surface area contributed by atoms with E-state index in [0.717, 1.165) is 19.4 Å². The molecule has 1 unspecified atom stereocenters. The molecule has 1 aromatic heterocycles. The molecule has 0 bridgehead atoms. The quantitative estimate of drug-likeness (QED) is 0.925. The third-order valence-electron chi connectivity index (χ3n) is 4.06. The summed E-state index contributed by atoms with van der Waals surface area (Å²) >= 11 is 1.70. The van der Waals surface area contributed by atoms with Crippen molar-refractivity contribution in [2.24, 2.45) is 0 Å². The third kappa shape index (κ3) is 3.14. The van der Waals surface area contributed by atoms with Crippen molar-refractivity contribution in [2.45, 2.75) is 25.8 Å². The number of amides is 1. The van der Waals surface area contributed by atoms with Gasteiger partial charge in [-0.2, -0.15) is 0 Å². The molecule has 3 nitrogen and oxygen atoms in total. The van der Waals surface area contributed by atoms with Gasteiger partial charge < -0.3 is 10.2 Å². The molecular formula is C17H19FN2OS. The Morgan fingerprint density at radius 1 is 1.45 bits per heavy atom. The maximum atomic E-state index is 13.5. The van der Waals surface area contributed by atoms with E-state index in [9.17, 15) is 9.18 Å². The number of halogens is 1. The molecule has 1 atom stereocenters. The van der Waals surface area contributed by atoms with Crippen LogP contribution in [-0.4, -0.2) is 23.9 Å². The molecule has 0 aliphatic carbocycles. The molecule has 1 aliphatic rings. The highest BCUT2D eigenvalue weighted by molar-refractivity contribution is 7.10. The largest absolute Gasteiger partial charge is 0.376 e. The normalized spacial score (nSPS) is 17.7. The van der Waals surface area contributed by atoms with Crippen LogP contribution in [0.3, 0.4) is 0 Å². The second-order valence-electron chi connectivity index (χ2n) is 5.58. The Hall–Kier alpha value is -1.88. The fraction of sp³-hybridized carbons (Fsp3) is 0.353. The number of carbonyl (C=O) groups excluding carboxylic acids is 1. The van der Waals surface area contributed by atoms with Gasteiger partial charge in [-0.3, -0.25) is 4.79 Å². The summed E-state index contributed by atoms with van der Waals surface area (Å²) in [4.78, 5) is 15.6. The molecule has 1 amide bonds. The van der Waals surface area contributed by atoms with Crippen LogP contribution in [0.2, 0.25) is 0 Å². The number of hydrogen-bond acceptors (Lipinski definition) is 3. The number of carbonyl (C=O) groups is 1. The van der Waals surface area contributed by atoms with Crippen LogP contribution in [-0.2, 0) is 4.79 Å². The second kappa shape index (κ2) is 6.48. The zero-order valence-corrected chi connectivity index (χ0v) is 13.3. The smallest absolute Gasteiger partial charge is 0.242 e. The molecular weight excluding hydrogens is 299 g/mol. The van der Waals surface area contributed by atoms with E-state index in [1.54, 1.807) is 30.4 Å². The fourth-order valence-electron chi connectivity index (χ4n) is 2.82. The summed E-state index contributed by atoms with van der Waals surface area (Å²) in [5.74, 6) is -0.188. The van der Waals surface area contributed by atoms with Gasteiger partial charge in [0.05, 0.1) is 12.6 Å². The van der Waals surface area contributed by atoms with Crippen molar-refractivity contribution in [3.05, 3.63) is 52.0 Å². The van der Waals surface area contributed by atoms with Gasteiger partial charge in [0.1, 0.15) is 5.82 Å². The van der Waals surface area contributed by atoms with E-state index in [-0.39, 0.29) is 24.3 Å². The highest BCUT2D eigenvalue weighted by Gasteiger charge is 2.30. The van der Waals surface area contributed by atoms with Gasteiger partial charge in [-0.1, -0.05) is 12.1 Å². The standard InChI is InChI=1S/C17H19FN2OS/c1-12-6-7-13(10-14(12)18)19-11-17(21)20-8-2-4-15(20)16-5-3-9-22-16/h3,5-7,9-10,15,19H,2,4,8,11H2,1H3. The molecule has 1 saturated heterocycles. The molecule has 116 valence electrons. The topological polar surface area (TPSA) is 32.3 Å². The Kier molecular flexibility index (Phi) is 4.43. The minimum atomic E-state index is -0.255. The summed E-state index contributed by atoms with van der Waals surface area (Å²) in [5, 5.41) is 5.07. The molecule has 1 aliphatic heterocycles. The molecule has 1 aromatic carbocycles. The van der Waals surface area contributed by atoms with Crippen molar-refractivity contribution in [3.8, 4) is 0 Å². The molecule has 22 heavy (non-hydrogen) atoms. The van der Waals surface area contributed by atoms with E-state index in [2.05, 4.69) is 11.4 Å². The van der Waals surface area contributed by atoms with Crippen molar-refractivity contribution >= 4 is 22.9 Å². The lowest BCUT2D eigenvalue weighted by atomic mass is 10.2. The summed E-state index contributed by atoms with van der Waals surface area (Å²) < 4.78 is 13.5. The molecule has 3 rings (SSSR count). The van der Waals surface area contributed by atoms with Gasteiger partial charge in [-0.15, -0.1) is 11.3 Å². The number of nitrogens with one attached hydrogen (secondary N) is 1. The van der Waals surface area contributed by atoms with Gasteiger partial charge in [0.15, 0.2) is 0 Å². The lowest BCUT2D eigenvalue weighted by Crippen LogP contribution is -2.34. The Morgan fingerprint density at radius 2 is 2.32 bits per heavy atom. The summed E-state index contributed by atoms with van der Waals surface area (Å²) in [5.41, 5.74) is 1.25. The SMILES string of the molecule is Cc1ccc(NCC(=O)N2CCCC2c2cccs2)cc1F. The predicted molar refractivity (Wildman–Crippen MR) is 87.6 cm³/mol. The molecule has 2 heterocycles. The summed E-state index contributed by atoms with van der Waals surface area (Å²) in [7, 11) is 0. The van der Waals surface area contributed by atoms with E-state index < -0.39 is 0 Å². The predicted octanol–water partition coefficient (Wildman–Crippen LogP) is 3.97. The maximum Gasteiger partial charge on any atom is 0.242 e. The minimum absolute atomic E-state index is 0.0666. The van der Waals surface area contributed by atoms with Crippen LogP contribution >= 0.6 is 11.3 Å². The van der Waals surface area contributed by atoms with Crippen molar-refractivity contribution < 1.29 is 9.18 Å². The van der Waals surface area contributed by atoms with Gasteiger partial charge in [-0.25, -0.2) is 4.39 Å². The minimum Gasteiger partial charge on any atom is -0.376 e. The molecule has 0 spiro atoms. The second-order valence-corrected chi connectivity index (χ2v) is 6.56. The molecule has 1 N–H and O–H groups in total. The maximum absolute atomic E-state index is 13.5. The van der Waals surface area contributed by atoms with Gasteiger partial charge >= 0.3 is 0 Å². The van der Waals surface area contributed by atoms with E-state index in [4.69, 9.17) is 0 Å². The van der Waals surface area contributed by atoms with Gasteiger partial charge in [-0.05, 0) is 48.9 Å². The lowest BCUT2D eigenvalue weighted by Gasteiger charge is -2.24. The highest BCUT2D eigenvalue weighted by atomic mass is 32.1.